The van der Waals surface area contributed by atoms with Crippen molar-refractivity contribution >= 4 is 34.8 Å². The zero-order chi connectivity index (χ0) is 28.0. The van der Waals surface area contributed by atoms with E-state index in [0.717, 1.165) is 5.56 Å². The summed E-state index contributed by atoms with van der Waals surface area (Å²) < 4.78 is 24.2. The first kappa shape index (κ1) is 28.4. The van der Waals surface area contributed by atoms with Gasteiger partial charge in [-0.3, -0.25) is 9.69 Å². The summed E-state index contributed by atoms with van der Waals surface area (Å²) in [4.78, 5) is 27.8. The molecule has 1 saturated heterocycles. The van der Waals surface area contributed by atoms with E-state index in [2.05, 4.69) is 27.8 Å². The molecule has 0 bridgehead atoms. The largest absolute Gasteiger partial charge is 0.497 e. The normalized spacial score (nSPS) is 19.3. The summed E-state index contributed by atoms with van der Waals surface area (Å²) in [6.07, 6.45) is 0. The third-order valence-electron chi connectivity index (χ3n) is 6.73. The smallest absolute Gasteiger partial charge is 0.323 e. The number of piperazine rings is 1. The molecule has 4 rings (SSSR count). The van der Waals surface area contributed by atoms with Crippen LogP contribution in [0, 0.1) is 5.82 Å². The molecule has 0 aliphatic carbocycles. The van der Waals surface area contributed by atoms with E-state index in [1.165, 1.54) is 12.1 Å². The van der Waals surface area contributed by atoms with Crippen molar-refractivity contribution in [3.63, 3.8) is 0 Å². The fraction of sp³-hybridized carbons (Fsp3) is 0.310. The van der Waals surface area contributed by atoms with Gasteiger partial charge in [-0.2, -0.15) is 0 Å². The van der Waals surface area contributed by atoms with Gasteiger partial charge in [-0.25, -0.2) is 9.18 Å². The summed E-state index contributed by atoms with van der Waals surface area (Å²) in [6.45, 7) is 5.53. The van der Waals surface area contributed by atoms with Crippen molar-refractivity contribution in [1.29, 1.82) is 0 Å². The second-order valence-corrected chi connectivity index (χ2v) is 10.2. The second-order valence-electron chi connectivity index (χ2n) is 9.76. The van der Waals surface area contributed by atoms with E-state index >= 15 is 0 Å². The topological polar surface area (TPSA) is 91.9 Å². The summed E-state index contributed by atoms with van der Waals surface area (Å²) >= 11 is 6.37. The number of benzene rings is 3. The van der Waals surface area contributed by atoms with Crippen molar-refractivity contribution in [2.75, 3.05) is 37.4 Å². The Balaban J connectivity index is 1.32. The number of rotatable bonds is 9. The molecule has 8 nitrogen and oxygen atoms in total. The number of nitrogens with one attached hydrogen (secondary N) is 3. The van der Waals surface area contributed by atoms with Gasteiger partial charge in [-0.15, -0.1) is 0 Å². The van der Waals surface area contributed by atoms with Crippen LogP contribution in [0.2, 0.25) is 5.02 Å². The monoisotopic (exact) mass is 554 g/mol. The fourth-order valence-corrected chi connectivity index (χ4v) is 4.54. The molecular weight excluding hydrogens is 523 g/mol. The minimum absolute atomic E-state index is 0.102. The molecule has 0 spiro atoms. The van der Waals surface area contributed by atoms with Crippen LogP contribution in [-0.2, 0) is 11.3 Å². The number of carbonyl (C=O) groups is 2. The van der Waals surface area contributed by atoms with Gasteiger partial charge in [0.05, 0.1) is 23.4 Å². The quantitative estimate of drug-likeness (QED) is 0.331. The maximum atomic E-state index is 13.3. The number of carbonyl (C=O) groups excluding carboxylic acids is 2. The summed E-state index contributed by atoms with van der Waals surface area (Å²) in [6, 6.07) is 17.9. The first-order valence-corrected chi connectivity index (χ1v) is 12.9. The van der Waals surface area contributed by atoms with E-state index < -0.39 is 11.6 Å². The lowest BCUT2D eigenvalue weighted by Gasteiger charge is -2.44. The third-order valence-corrected chi connectivity index (χ3v) is 7.04. The molecule has 10 heteroatoms. The molecule has 2 unspecified atom stereocenters. The molecule has 1 heterocycles. The fourth-order valence-electron chi connectivity index (χ4n) is 4.32. The van der Waals surface area contributed by atoms with E-state index in [4.69, 9.17) is 21.1 Å². The molecule has 2 amide bonds. The number of halogens is 2. The van der Waals surface area contributed by atoms with Gasteiger partial charge in [0, 0.05) is 43.5 Å². The van der Waals surface area contributed by atoms with E-state index in [-0.39, 0.29) is 29.3 Å². The highest BCUT2D eigenvalue weighted by atomic mass is 35.5. The molecule has 1 aliphatic heterocycles. The van der Waals surface area contributed by atoms with Crippen molar-refractivity contribution in [2.24, 2.45) is 0 Å². The Kier molecular flexibility index (Phi) is 9.06. The van der Waals surface area contributed by atoms with Crippen LogP contribution in [0.5, 0.6) is 11.5 Å². The molecular formula is C29H32ClFN4O4. The Morgan fingerprint density at radius 1 is 1.10 bits per heavy atom. The summed E-state index contributed by atoms with van der Waals surface area (Å²) in [5.74, 6) is 0.650. The number of anilines is 2. The van der Waals surface area contributed by atoms with E-state index in [9.17, 15) is 14.0 Å². The molecule has 3 N–H and O–H groups in total. The van der Waals surface area contributed by atoms with Gasteiger partial charge in [0.25, 0.3) is 0 Å². The Morgan fingerprint density at radius 2 is 1.87 bits per heavy atom. The van der Waals surface area contributed by atoms with Crippen molar-refractivity contribution < 1.29 is 23.5 Å². The Bertz CT molecular complexity index is 1320. The number of Topliss-reactive ketones (excluding diaryl/α,β-unsaturated/α-hetero) is 1. The Hall–Kier alpha value is -3.66. The summed E-state index contributed by atoms with van der Waals surface area (Å²) in [5.41, 5.74) is 1.13. The second kappa shape index (κ2) is 12.5. The summed E-state index contributed by atoms with van der Waals surface area (Å²) in [7, 11) is 1.55. The van der Waals surface area contributed by atoms with E-state index in [1.54, 1.807) is 61.7 Å². The van der Waals surface area contributed by atoms with Crippen LogP contribution in [0.1, 0.15) is 19.4 Å². The minimum Gasteiger partial charge on any atom is -0.497 e. The highest BCUT2D eigenvalue weighted by Crippen LogP contribution is 2.28. The van der Waals surface area contributed by atoms with Gasteiger partial charge >= 0.3 is 6.03 Å². The predicted molar refractivity (Wildman–Crippen MR) is 150 cm³/mol. The van der Waals surface area contributed by atoms with Crippen LogP contribution >= 0.6 is 11.6 Å². The Morgan fingerprint density at radius 3 is 2.59 bits per heavy atom. The van der Waals surface area contributed by atoms with Crippen LogP contribution in [0.15, 0.2) is 66.7 Å². The van der Waals surface area contributed by atoms with Gasteiger partial charge in [-0.05, 0) is 55.8 Å². The zero-order valence-corrected chi connectivity index (χ0v) is 22.8. The predicted octanol–water partition coefficient (Wildman–Crippen LogP) is 5.33. The first-order valence-electron chi connectivity index (χ1n) is 12.6. The highest BCUT2D eigenvalue weighted by Gasteiger charge is 2.40. The Labute approximate surface area is 232 Å². The number of hydrogen-bond acceptors (Lipinski definition) is 6. The number of amides is 2. The van der Waals surface area contributed by atoms with Crippen molar-refractivity contribution in [3.05, 3.63) is 83.1 Å². The number of ether oxygens (including phenoxy) is 2. The SMILES string of the molecule is COc1cccc(NC(=O)Nc2ccc(OCC(=O)C3(C)CN(Cc4ccc(F)cc4)C(C)CN3)cc2Cl)c1. The van der Waals surface area contributed by atoms with Gasteiger partial charge in [-0.1, -0.05) is 29.8 Å². The van der Waals surface area contributed by atoms with Gasteiger partial charge in [0.1, 0.15) is 23.9 Å². The molecule has 3 aromatic carbocycles. The average molecular weight is 555 g/mol. The standard InChI is InChI=1S/C29H32ClFN4O4/c1-19-15-32-29(2,18-35(19)16-20-7-9-21(31)10-8-20)27(36)17-39-24-11-12-26(25(30)14-24)34-28(37)33-22-5-4-6-23(13-22)38-3/h4-14,19,32H,15-18H2,1-3H3,(H2,33,34,37). The molecule has 206 valence electrons. The zero-order valence-electron chi connectivity index (χ0n) is 22.1. The third kappa shape index (κ3) is 7.47. The summed E-state index contributed by atoms with van der Waals surface area (Å²) in [5, 5.41) is 9.04. The van der Waals surface area contributed by atoms with Crippen LogP contribution in [0.4, 0.5) is 20.6 Å². The van der Waals surface area contributed by atoms with E-state index in [0.29, 0.717) is 42.5 Å². The van der Waals surface area contributed by atoms with E-state index in [1.807, 2.05) is 6.92 Å². The lowest BCUT2D eigenvalue weighted by Crippen LogP contribution is -2.66. The molecule has 1 fully saturated rings. The van der Waals surface area contributed by atoms with Gasteiger partial charge < -0.3 is 25.4 Å². The number of urea groups is 1. The molecule has 39 heavy (non-hydrogen) atoms. The number of methoxy groups -OCH3 is 1. The number of nitrogens with zero attached hydrogens (tertiary/aromatic N) is 1. The lowest BCUT2D eigenvalue weighted by atomic mass is 9.91. The number of ketones is 1. The van der Waals surface area contributed by atoms with Gasteiger partial charge in [0.15, 0.2) is 5.78 Å². The van der Waals surface area contributed by atoms with Crippen LogP contribution in [-0.4, -0.2) is 55.1 Å². The molecule has 2 atom stereocenters. The maximum Gasteiger partial charge on any atom is 0.323 e. The number of hydrogen-bond donors (Lipinski definition) is 3. The molecule has 1 aliphatic rings. The molecule has 3 aromatic rings. The first-order chi connectivity index (χ1) is 18.6. The molecule has 0 aromatic heterocycles. The maximum absolute atomic E-state index is 13.3. The van der Waals surface area contributed by atoms with Crippen molar-refractivity contribution in [1.82, 2.24) is 10.2 Å². The van der Waals surface area contributed by atoms with Crippen LogP contribution < -0.4 is 25.4 Å². The highest BCUT2D eigenvalue weighted by molar-refractivity contribution is 6.34. The average Bonchev–Trinajstić information content (AvgIpc) is 2.92. The minimum atomic E-state index is -0.809. The van der Waals surface area contributed by atoms with Crippen molar-refractivity contribution in [3.8, 4) is 11.5 Å². The van der Waals surface area contributed by atoms with Crippen molar-refractivity contribution in [2.45, 2.75) is 32.0 Å². The van der Waals surface area contributed by atoms with Crippen LogP contribution in [0.3, 0.4) is 0 Å². The van der Waals surface area contributed by atoms with Gasteiger partial charge in [0.2, 0.25) is 0 Å². The molecule has 0 radical (unpaired) electrons. The lowest BCUT2D eigenvalue weighted by molar-refractivity contribution is -0.129. The van der Waals surface area contributed by atoms with Crippen LogP contribution in [0.25, 0.3) is 0 Å². The molecule has 0 saturated carbocycles.